The van der Waals surface area contributed by atoms with Crippen molar-refractivity contribution >= 4 is 12.0 Å². The van der Waals surface area contributed by atoms with E-state index in [-0.39, 0.29) is 19.2 Å². The molecule has 1 heterocycles. The van der Waals surface area contributed by atoms with E-state index in [2.05, 4.69) is 5.32 Å². The molecule has 21 heavy (non-hydrogen) atoms. The molecule has 8 heteroatoms. The quantitative estimate of drug-likeness (QED) is 0.572. The number of urea groups is 1. The molecule has 2 amide bonds. The van der Waals surface area contributed by atoms with Crippen molar-refractivity contribution < 1.29 is 28.9 Å². The van der Waals surface area contributed by atoms with Gasteiger partial charge in [0.25, 0.3) is 0 Å². The zero-order valence-electron chi connectivity index (χ0n) is 12.5. The van der Waals surface area contributed by atoms with Gasteiger partial charge in [0.05, 0.1) is 25.9 Å². The van der Waals surface area contributed by atoms with Gasteiger partial charge in [0.1, 0.15) is 5.92 Å². The summed E-state index contributed by atoms with van der Waals surface area (Å²) in [5, 5.41) is 11.8. The first-order valence-corrected chi connectivity index (χ1v) is 6.94. The fourth-order valence-electron chi connectivity index (χ4n) is 2.11. The Morgan fingerprint density at radius 3 is 2.57 bits per heavy atom. The van der Waals surface area contributed by atoms with Crippen LogP contribution in [0.5, 0.6) is 0 Å². The van der Waals surface area contributed by atoms with Crippen LogP contribution in [0.3, 0.4) is 0 Å². The van der Waals surface area contributed by atoms with Gasteiger partial charge in [-0.3, -0.25) is 4.79 Å². The van der Waals surface area contributed by atoms with Gasteiger partial charge in [0.15, 0.2) is 0 Å². The number of nitrogens with one attached hydrogen (secondary N) is 1. The van der Waals surface area contributed by atoms with Crippen LogP contribution in [-0.2, 0) is 19.0 Å². The maximum Gasteiger partial charge on any atom is 0.317 e. The van der Waals surface area contributed by atoms with E-state index in [1.807, 2.05) is 0 Å². The molecular weight excluding hydrogens is 280 g/mol. The van der Waals surface area contributed by atoms with E-state index in [1.54, 1.807) is 19.1 Å². The molecule has 122 valence electrons. The fraction of sp³-hybridized carbons (Fsp3) is 0.846. The van der Waals surface area contributed by atoms with Gasteiger partial charge >= 0.3 is 12.0 Å². The second kappa shape index (κ2) is 9.54. The van der Waals surface area contributed by atoms with Crippen molar-refractivity contribution in [2.75, 3.05) is 53.7 Å². The first-order valence-electron chi connectivity index (χ1n) is 6.94. The van der Waals surface area contributed by atoms with Gasteiger partial charge < -0.3 is 29.5 Å². The van der Waals surface area contributed by atoms with Crippen molar-refractivity contribution in [3.8, 4) is 0 Å². The highest BCUT2D eigenvalue weighted by molar-refractivity contribution is 5.77. The van der Waals surface area contributed by atoms with Gasteiger partial charge in [-0.1, -0.05) is 0 Å². The molecule has 2 N–H and O–H groups in total. The number of nitrogens with zero attached hydrogens (tertiary/aromatic N) is 1. The average Bonchev–Trinajstić information content (AvgIpc) is 2.90. The van der Waals surface area contributed by atoms with Crippen molar-refractivity contribution in [3.05, 3.63) is 0 Å². The predicted molar refractivity (Wildman–Crippen MR) is 74.2 cm³/mol. The largest absolute Gasteiger partial charge is 0.481 e. The number of hydrogen-bond acceptors (Lipinski definition) is 5. The number of carboxylic acid groups (broad SMARTS) is 1. The van der Waals surface area contributed by atoms with E-state index >= 15 is 0 Å². The summed E-state index contributed by atoms with van der Waals surface area (Å²) < 4.78 is 15.1. The lowest BCUT2D eigenvalue weighted by atomic mass is 10.0. The molecule has 1 aliphatic rings. The van der Waals surface area contributed by atoms with Crippen LogP contribution in [0.15, 0.2) is 0 Å². The molecule has 1 rings (SSSR count). The average molecular weight is 304 g/mol. The number of carbonyl (C=O) groups excluding carboxylic acids is 1. The van der Waals surface area contributed by atoms with E-state index in [0.717, 1.165) is 0 Å². The summed E-state index contributed by atoms with van der Waals surface area (Å²) in [6, 6.07) is -0.799. The lowest BCUT2D eigenvalue weighted by Gasteiger charge is -2.25. The number of carboxylic acids is 1. The molecule has 8 nitrogen and oxygen atoms in total. The summed E-state index contributed by atoms with van der Waals surface area (Å²) in [4.78, 5) is 24.9. The fourth-order valence-corrected chi connectivity index (χ4v) is 2.11. The van der Waals surface area contributed by atoms with E-state index in [9.17, 15) is 9.59 Å². The molecule has 0 aromatic heterocycles. The first-order chi connectivity index (χ1) is 10.1. The Morgan fingerprint density at radius 2 is 1.95 bits per heavy atom. The molecule has 0 aromatic carbocycles. The summed E-state index contributed by atoms with van der Waals surface area (Å²) in [6.07, 6.45) is 0.706. The minimum Gasteiger partial charge on any atom is -0.481 e. The Labute approximate surface area is 124 Å². The molecule has 2 unspecified atom stereocenters. The molecule has 1 saturated heterocycles. The maximum absolute atomic E-state index is 12.2. The molecule has 0 spiro atoms. The molecule has 0 saturated carbocycles. The Kier molecular flexibility index (Phi) is 8.03. The van der Waals surface area contributed by atoms with Crippen LogP contribution in [-0.4, -0.2) is 81.8 Å². The number of ether oxygens (including phenoxy) is 3. The molecule has 1 fully saturated rings. The van der Waals surface area contributed by atoms with Gasteiger partial charge in [-0.25, -0.2) is 4.79 Å². The Bertz CT molecular complexity index is 339. The third kappa shape index (κ3) is 5.86. The first kappa shape index (κ1) is 17.7. The van der Waals surface area contributed by atoms with Gasteiger partial charge in [-0.2, -0.15) is 0 Å². The highest BCUT2D eigenvalue weighted by atomic mass is 16.5. The molecular formula is C13H24N2O6. The van der Waals surface area contributed by atoms with Gasteiger partial charge in [0, 0.05) is 33.9 Å². The molecule has 0 bridgehead atoms. The number of aliphatic carboxylic acids is 1. The Hall–Kier alpha value is -1.38. The third-order valence-electron chi connectivity index (χ3n) is 3.34. The topological polar surface area (TPSA) is 97.3 Å². The summed E-state index contributed by atoms with van der Waals surface area (Å²) in [5.74, 6) is -1.65. The Morgan fingerprint density at radius 1 is 1.24 bits per heavy atom. The number of rotatable bonds is 9. The lowest BCUT2D eigenvalue weighted by molar-refractivity contribution is -0.142. The van der Waals surface area contributed by atoms with Gasteiger partial charge in [0.2, 0.25) is 0 Å². The zero-order chi connectivity index (χ0) is 15.7. The van der Waals surface area contributed by atoms with Gasteiger partial charge in [-0.05, 0) is 6.42 Å². The van der Waals surface area contributed by atoms with E-state index in [4.69, 9.17) is 19.3 Å². The number of hydrogen-bond donors (Lipinski definition) is 2. The summed E-state index contributed by atoms with van der Waals surface area (Å²) in [5.41, 5.74) is 0. The van der Waals surface area contributed by atoms with E-state index in [0.29, 0.717) is 32.7 Å². The molecule has 0 radical (unpaired) electrons. The summed E-state index contributed by atoms with van der Waals surface area (Å²) >= 11 is 0. The molecule has 1 aliphatic heterocycles. The maximum atomic E-state index is 12.2. The lowest BCUT2D eigenvalue weighted by Crippen LogP contribution is -2.50. The second-order valence-corrected chi connectivity index (χ2v) is 4.86. The smallest absolute Gasteiger partial charge is 0.317 e. The zero-order valence-corrected chi connectivity index (χ0v) is 12.5. The van der Waals surface area contributed by atoms with Crippen molar-refractivity contribution in [1.29, 1.82) is 0 Å². The third-order valence-corrected chi connectivity index (χ3v) is 3.34. The highest BCUT2D eigenvalue weighted by Crippen LogP contribution is 2.14. The summed E-state index contributed by atoms with van der Waals surface area (Å²) in [6.45, 7) is 2.29. The highest BCUT2D eigenvalue weighted by Gasteiger charge is 2.35. The predicted octanol–water partition coefficient (Wildman–Crippen LogP) is -0.219. The van der Waals surface area contributed by atoms with E-state index in [1.165, 1.54) is 0 Å². The van der Waals surface area contributed by atoms with Crippen LogP contribution >= 0.6 is 0 Å². The van der Waals surface area contributed by atoms with Gasteiger partial charge in [-0.15, -0.1) is 0 Å². The van der Waals surface area contributed by atoms with Crippen molar-refractivity contribution in [2.24, 2.45) is 5.92 Å². The number of amides is 2. The van der Waals surface area contributed by atoms with Crippen LogP contribution < -0.4 is 5.32 Å². The standard InChI is InChI=1S/C13H24N2O6/c1-19-6-3-4-15(5-7-20-2)13(18)14-11-9-21-8-10(11)12(16)17/h10-11H,3-9H2,1-2H3,(H,14,18)(H,16,17). The molecule has 0 aliphatic carbocycles. The minimum absolute atomic E-state index is 0.127. The summed E-state index contributed by atoms with van der Waals surface area (Å²) in [7, 11) is 3.17. The minimum atomic E-state index is -0.958. The van der Waals surface area contributed by atoms with Crippen molar-refractivity contribution in [3.63, 3.8) is 0 Å². The monoisotopic (exact) mass is 304 g/mol. The van der Waals surface area contributed by atoms with E-state index < -0.39 is 17.9 Å². The van der Waals surface area contributed by atoms with Crippen molar-refractivity contribution in [1.82, 2.24) is 10.2 Å². The Balaban J connectivity index is 2.51. The van der Waals surface area contributed by atoms with Crippen LogP contribution in [0.25, 0.3) is 0 Å². The molecule has 2 atom stereocenters. The van der Waals surface area contributed by atoms with Crippen LogP contribution in [0.1, 0.15) is 6.42 Å². The second-order valence-electron chi connectivity index (χ2n) is 4.86. The SMILES string of the molecule is COCCCN(CCOC)C(=O)NC1COCC1C(=O)O. The normalized spacial score (nSPS) is 21.2. The molecule has 0 aromatic rings. The number of methoxy groups -OCH3 is 2. The van der Waals surface area contributed by atoms with Crippen LogP contribution in [0.4, 0.5) is 4.79 Å². The van der Waals surface area contributed by atoms with Crippen LogP contribution in [0.2, 0.25) is 0 Å². The van der Waals surface area contributed by atoms with Crippen molar-refractivity contribution in [2.45, 2.75) is 12.5 Å². The number of carbonyl (C=O) groups is 2. The van der Waals surface area contributed by atoms with Crippen LogP contribution in [0, 0.1) is 5.92 Å².